The van der Waals surface area contributed by atoms with E-state index in [9.17, 15) is 13.2 Å². The fourth-order valence-electron chi connectivity index (χ4n) is 2.43. The first-order valence-corrected chi connectivity index (χ1v) is 9.80. The van der Waals surface area contributed by atoms with Crippen LogP contribution in [0.1, 0.15) is 18.1 Å². The molecule has 0 fully saturated rings. The standard InChI is InChI=1S/C19H23NO5S/c1-3-24-19(21)13-25-18-9-8-17(12-14(18)2)26(22,23)16-6-4-15(5-7-16)10-11-20/h4-9,12H,3,10-11,13,20H2,1-2H3. The molecule has 0 saturated carbocycles. The van der Waals surface area contributed by atoms with Crippen LogP contribution in [0.3, 0.4) is 0 Å². The fourth-order valence-corrected chi connectivity index (χ4v) is 3.77. The second kappa shape index (κ2) is 8.82. The van der Waals surface area contributed by atoms with Crippen molar-refractivity contribution >= 4 is 15.8 Å². The zero-order valence-corrected chi connectivity index (χ0v) is 15.7. The molecule has 0 heterocycles. The van der Waals surface area contributed by atoms with E-state index in [0.29, 0.717) is 24.3 Å². The molecule has 0 amide bonds. The third-order valence-electron chi connectivity index (χ3n) is 3.77. The zero-order valence-electron chi connectivity index (χ0n) is 14.9. The summed E-state index contributed by atoms with van der Waals surface area (Å²) >= 11 is 0. The highest BCUT2D eigenvalue weighted by molar-refractivity contribution is 7.91. The summed E-state index contributed by atoms with van der Waals surface area (Å²) in [5.74, 6) is -0.0311. The van der Waals surface area contributed by atoms with Gasteiger partial charge in [-0.3, -0.25) is 0 Å². The van der Waals surface area contributed by atoms with E-state index >= 15 is 0 Å². The van der Waals surface area contributed by atoms with Crippen molar-refractivity contribution in [1.29, 1.82) is 0 Å². The van der Waals surface area contributed by atoms with Gasteiger partial charge in [-0.1, -0.05) is 12.1 Å². The molecule has 0 unspecified atom stereocenters. The van der Waals surface area contributed by atoms with E-state index in [1.54, 1.807) is 44.2 Å². The lowest BCUT2D eigenvalue weighted by Gasteiger charge is -2.11. The number of esters is 1. The molecule has 0 atom stereocenters. The van der Waals surface area contributed by atoms with Crippen LogP contribution >= 0.6 is 0 Å². The van der Waals surface area contributed by atoms with E-state index in [0.717, 1.165) is 5.56 Å². The number of carbonyl (C=O) groups is 1. The van der Waals surface area contributed by atoms with E-state index in [-0.39, 0.29) is 23.0 Å². The van der Waals surface area contributed by atoms with Crippen molar-refractivity contribution < 1.29 is 22.7 Å². The lowest BCUT2D eigenvalue weighted by atomic mass is 10.2. The Morgan fingerprint density at radius 1 is 1.08 bits per heavy atom. The van der Waals surface area contributed by atoms with Crippen LogP contribution in [-0.2, 0) is 25.8 Å². The molecule has 0 aliphatic heterocycles. The Bertz CT molecular complexity index is 860. The number of sulfone groups is 1. The van der Waals surface area contributed by atoms with Crippen LogP contribution in [0.15, 0.2) is 52.3 Å². The van der Waals surface area contributed by atoms with Crippen molar-refractivity contribution in [3.8, 4) is 5.75 Å². The van der Waals surface area contributed by atoms with Gasteiger partial charge in [-0.25, -0.2) is 13.2 Å². The predicted molar refractivity (Wildman–Crippen MR) is 98.0 cm³/mol. The molecule has 26 heavy (non-hydrogen) atoms. The van der Waals surface area contributed by atoms with Gasteiger partial charge in [0.2, 0.25) is 9.84 Å². The first-order chi connectivity index (χ1) is 12.4. The number of ether oxygens (including phenoxy) is 2. The topological polar surface area (TPSA) is 95.7 Å². The molecule has 0 aliphatic carbocycles. The zero-order chi connectivity index (χ0) is 19.2. The van der Waals surface area contributed by atoms with Crippen LogP contribution in [0.5, 0.6) is 5.75 Å². The maximum absolute atomic E-state index is 12.8. The molecule has 0 bridgehead atoms. The van der Waals surface area contributed by atoms with Gasteiger partial charge in [-0.15, -0.1) is 0 Å². The Hall–Kier alpha value is -2.38. The number of aryl methyl sites for hydroxylation is 1. The molecule has 7 heteroatoms. The van der Waals surface area contributed by atoms with Crippen LogP contribution in [-0.4, -0.2) is 34.1 Å². The molecule has 6 nitrogen and oxygen atoms in total. The summed E-state index contributed by atoms with van der Waals surface area (Å²) < 4.78 is 35.7. The number of nitrogens with two attached hydrogens (primary N) is 1. The highest BCUT2D eigenvalue weighted by Gasteiger charge is 2.19. The van der Waals surface area contributed by atoms with Crippen molar-refractivity contribution in [2.45, 2.75) is 30.1 Å². The summed E-state index contributed by atoms with van der Waals surface area (Å²) in [7, 11) is -3.63. The predicted octanol–water partition coefficient (Wildman–Crippen LogP) is 2.27. The van der Waals surface area contributed by atoms with E-state index in [1.165, 1.54) is 12.1 Å². The van der Waals surface area contributed by atoms with Crippen molar-refractivity contribution in [3.63, 3.8) is 0 Å². The lowest BCUT2D eigenvalue weighted by Crippen LogP contribution is -2.15. The molecule has 2 rings (SSSR count). The average Bonchev–Trinajstić information content (AvgIpc) is 2.61. The quantitative estimate of drug-likeness (QED) is 0.709. The minimum absolute atomic E-state index is 0.171. The highest BCUT2D eigenvalue weighted by atomic mass is 32.2. The van der Waals surface area contributed by atoms with Crippen molar-refractivity contribution in [2.75, 3.05) is 19.8 Å². The Kier molecular flexibility index (Phi) is 6.76. The molecule has 0 aliphatic rings. The van der Waals surface area contributed by atoms with Crippen molar-refractivity contribution in [2.24, 2.45) is 5.73 Å². The molecule has 0 aromatic heterocycles. The van der Waals surface area contributed by atoms with Gasteiger partial charge in [0, 0.05) is 0 Å². The van der Waals surface area contributed by atoms with Gasteiger partial charge in [0.05, 0.1) is 16.4 Å². The van der Waals surface area contributed by atoms with Gasteiger partial charge in [-0.2, -0.15) is 0 Å². The molecule has 2 aromatic rings. The van der Waals surface area contributed by atoms with Gasteiger partial charge < -0.3 is 15.2 Å². The minimum atomic E-state index is -3.63. The smallest absolute Gasteiger partial charge is 0.344 e. The first-order valence-electron chi connectivity index (χ1n) is 8.31. The summed E-state index contributed by atoms with van der Waals surface area (Å²) in [6, 6.07) is 11.2. The monoisotopic (exact) mass is 377 g/mol. The number of hydrogen-bond acceptors (Lipinski definition) is 6. The number of carbonyl (C=O) groups excluding carboxylic acids is 1. The minimum Gasteiger partial charge on any atom is -0.482 e. The third-order valence-corrected chi connectivity index (χ3v) is 5.54. The fraction of sp³-hybridized carbons (Fsp3) is 0.316. The molecular formula is C19H23NO5S. The highest BCUT2D eigenvalue weighted by Crippen LogP contribution is 2.26. The van der Waals surface area contributed by atoms with E-state index < -0.39 is 15.8 Å². The maximum Gasteiger partial charge on any atom is 0.344 e. The van der Waals surface area contributed by atoms with Crippen LogP contribution in [0.25, 0.3) is 0 Å². The largest absolute Gasteiger partial charge is 0.482 e. The Balaban J connectivity index is 2.19. The van der Waals surface area contributed by atoms with Crippen LogP contribution in [0.2, 0.25) is 0 Å². The molecular weight excluding hydrogens is 354 g/mol. The number of hydrogen-bond donors (Lipinski definition) is 1. The Labute approximate surface area is 153 Å². The van der Waals surface area contributed by atoms with Crippen molar-refractivity contribution in [3.05, 3.63) is 53.6 Å². The second-order valence-corrected chi connectivity index (χ2v) is 7.66. The molecule has 2 aromatic carbocycles. The molecule has 0 spiro atoms. The average molecular weight is 377 g/mol. The summed E-state index contributed by atoms with van der Waals surface area (Å²) in [4.78, 5) is 11.8. The van der Waals surface area contributed by atoms with E-state index in [4.69, 9.17) is 15.2 Å². The number of benzene rings is 2. The summed E-state index contributed by atoms with van der Waals surface area (Å²) in [6.45, 7) is 4.01. The van der Waals surface area contributed by atoms with Gasteiger partial charge in [0.1, 0.15) is 5.75 Å². The Morgan fingerprint density at radius 3 is 2.31 bits per heavy atom. The Morgan fingerprint density at radius 2 is 1.73 bits per heavy atom. The van der Waals surface area contributed by atoms with Crippen LogP contribution in [0.4, 0.5) is 0 Å². The van der Waals surface area contributed by atoms with Gasteiger partial charge in [0.25, 0.3) is 0 Å². The molecule has 0 saturated heterocycles. The molecule has 140 valence electrons. The van der Waals surface area contributed by atoms with Crippen LogP contribution in [0, 0.1) is 6.92 Å². The third kappa shape index (κ3) is 4.83. The van der Waals surface area contributed by atoms with E-state index in [1.807, 2.05) is 0 Å². The lowest BCUT2D eigenvalue weighted by molar-refractivity contribution is -0.145. The van der Waals surface area contributed by atoms with Crippen LogP contribution < -0.4 is 10.5 Å². The SMILES string of the molecule is CCOC(=O)COc1ccc(S(=O)(=O)c2ccc(CCN)cc2)cc1C. The molecule has 2 N–H and O–H groups in total. The van der Waals surface area contributed by atoms with Gasteiger partial charge in [0.15, 0.2) is 6.61 Å². The summed E-state index contributed by atoms with van der Waals surface area (Å²) in [6.07, 6.45) is 0.700. The van der Waals surface area contributed by atoms with Gasteiger partial charge in [-0.05, 0) is 68.3 Å². The van der Waals surface area contributed by atoms with Gasteiger partial charge >= 0.3 is 5.97 Å². The maximum atomic E-state index is 12.8. The first kappa shape index (κ1) is 19.9. The summed E-state index contributed by atoms with van der Waals surface area (Å²) in [5.41, 5.74) is 7.12. The second-order valence-electron chi connectivity index (χ2n) is 5.71. The molecule has 0 radical (unpaired) electrons. The van der Waals surface area contributed by atoms with Crippen molar-refractivity contribution in [1.82, 2.24) is 0 Å². The normalized spacial score (nSPS) is 11.2. The van der Waals surface area contributed by atoms with E-state index in [2.05, 4.69) is 0 Å². The summed E-state index contributed by atoms with van der Waals surface area (Å²) in [5, 5.41) is 0. The number of rotatable bonds is 8.